The summed E-state index contributed by atoms with van der Waals surface area (Å²) in [5, 5.41) is 3.22. The Morgan fingerprint density at radius 1 is 1.12 bits per heavy atom. The minimum atomic E-state index is -0.117. The predicted molar refractivity (Wildman–Crippen MR) is 133 cm³/mol. The number of aryl methyl sites for hydroxylation is 1. The van der Waals surface area contributed by atoms with E-state index in [0.717, 1.165) is 35.4 Å². The molecule has 2 aliphatic rings. The van der Waals surface area contributed by atoms with Gasteiger partial charge < -0.3 is 5.32 Å². The van der Waals surface area contributed by atoms with E-state index >= 15 is 0 Å². The number of fused-ring (bicyclic) bond motifs is 1. The first kappa shape index (κ1) is 22.7. The summed E-state index contributed by atoms with van der Waals surface area (Å²) < 4.78 is 0. The van der Waals surface area contributed by atoms with Gasteiger partial charge in [-0.05, 0) is 54.0 Å². The zero-order valence-corrected chi connectivity index (χ0v) is 20.0. The Morgan fingerprint density at radius 3 is 2.62 bits per heavy atom. The lowest BCUT2D eigenvalue weighted by molar-refractivity contribution is -0.123. The Labute approximate surface area is 195 Å². The van der Waals surface area contributed by atoms with Gasteiger partial charge in [0.05, 0.1) is 10.6 Å². The molecule has 1 aliphatic carbocycles. The van der Waals surface area contributed by atoms with Crippen LogP contribution >= 0.6 is 11.8 Å². The second-order valence-electron chi connectivity index (χ2n) is 9.01. The number of carbonyl (C=O) groups is 2. The molecule has 1 saturated carbocycles. The van der Waals surface area contributed by atoms with Crippen molar-refractivity contribution >= 4 is 35.3 Å². The number of thioether (sulfide) groups is 1. The molecule has 0 saturated heterocycles. The molecule has 2 aromatic carbocycles. The number of nitrogens with one attached hydrogen (secondary N) is 1. The maximum Gasteiger partial charge on any atom is 0.265 e. The van der Waals surface area contributed by atoms with E-state index in [1.165, 1.54) is 23.7 Å². The van der Waals surface area contributed by atoms with E-state index in [2.05, 4.69) is 38.2 Å². The normalized spacial score (nSPS) is 24.3. The van der Waals surface area contributed by atoms with Gasteiger partial charge in [-0.3, -0.25) is 14.5 Å². The van der Waals surface area contributed by atoms with Crippen LogP contribution < -0.4 is 10.2 Å². The standard InChI is InChI=1S/C27H32N2O2S/c1-4-20-12-14-21(15-13-20)16-25-27(31)29(23-10-5-6-11-24(23)32-25)17-26(30)28-22-9-7-8-18(2)19(22)3/h5-6,10-16,18-19,22H,4,7-9,17H2,1-3H3,(H,28,30)/b25-16+/t18-,19-,22-/m1/s1. The molecule has 2 amide bonds. The van der Waals surface area contributed by atoms with Crippen molar-refractivity contribution in [2.75, 3.05) is 11.4 Å². The van der Waals surface area contributed by atoms with Gasteiger partial charge in [-0.15, -0.1) is 0 Å². The quantitative estimate of drug-likeness (QED) is 0.600. The number of benzene rings is 2. The summed E-state index contributed by atoms with van der Waals surface area (Å²) in [5.74, 6) is 0.858. The molecule has 0 unspecified atom stereocenters. The van der Waals surface area contributed by atoms with Crippen LogP contribution in [0.15, 0.2) is 58.3 Å². The van der Waals surface area contributed by atoms with Crippen molar-refractivity contribution in [3.63, 3.8) is 0 Å². The molecule has 1 N–H and O–H groups in total. The molecule has 168 valence electrons. The molecule has 1 aliphatic heterocycles. The monoisotopic (exact) mass is 448 g/mol. The molecule has 2 aromatic rings. The topological polar surface area (TPSA) is 49.4 Å². The van der Waals surface area contributed by atoms with E-state index in [0.29, 0.717) is 16.7 Å². The highest BCUT2D eigenvalue weighted by molar-refractivity contribution is 8.04. The first-order valence-corrected chi connectivity index (χ1v) is 12.5. The van der Waals surface area contributed by atoms with E-state index in [-0.39, 0.29) is 24.4 Å². The third kappa shape index (κ3) is 4.93. The van der Waals surface area contributed by atoms with Crippen LogP contribution in [-0.2, 0) is 16.0 Å². The lowest BCUT2D eigenvalue weighted by atomic mass is 9.78. The Balaban J connectivity index is 1.55. The molecule has 4 nitrogen and oxygen atoms in total. The first-order chi connectivity index (χ1) is 15.5. The van der Waals surface area contributed by atoms with Crippen molar-refractivity contribution < 1.29 is 9.59 Å². The van der Waals surface area contributed by atoms with Crippen LogP contribution in [0.1, 0.15) is 51.2 Å². The van der Waals surface area contributed by atoms with E-state index in [9.17, 15) is 9.59 Å². The van der Waals surface area contributed by atoms with Gasteiger partial charge in [-0.2, -0.15) is 0 Å². The van der Waals surface area contributed by atoms with Crippen molar-refractivity contribution in [2.45, 2.75) is 57.4 Å². The zero-order chi connectivity index (χ0) is 22.7. The Bertz CT molecular complexity index is 1010. The van der Waals surface area contributed by atoms with E-state index in [4.69, 9.17) is 0 Å². The van der Waals surface area contributed by atoms with Crippen LogP contribution in [0, 0.1) is 11.8 Å². The van der Waals surface area contributed by atoms with Gasteiger partial charge in [-0.1, -0.05) is 81.8 Å². The third-order valence-electron chi connectivity index (χ3n) is 6.87. The van der Waals surface area contributed by atoms with Crippen molar-refractivity contribution in [1.82, 2.24) is 5.32 Å². The number of para-hydroxylation sites is 1. The molecule has 3 atom stereocenters. The van der Waals surface area contributed by atoms with Gasteiger partial charge >= 0.3 is 0 Å². The summed E-state index contributed by atoms with van der Waals surface area (Å²) >= 11 is 1.48. The molecule has 0 aromatic heterocycles. The fraction of sp³-hybridized carbons (Fsp3) is 0.407. The molecule has 0 bridgehead atoms. The van der Waals surface area contributed by atoms with Crippen LogP contribution in [0.25, 0.3) is 6.08 Å². The number of carbonyl (C=O) groups excluding carboxylic acids is 2. The SMILES string of the molecule is CCc1ccc(/C=C2/Sc3ccccc3N(CC(=O)N[C@@H]3CCC[C@@H](C)[C@H]3C)C2=O)cc1. The highest BCUT2D eigenvalue weighted by atomic mass is 32.2. The maximum absolute atomic E-state index is 13.4. The highest BCUT2D eigenvalue weighted by Crippen LogP contribution is 2.42. The molecule has 32 heavy (non-hydrogen) atoms. The summed E-state index contributed by atoms with van der Waals surface area (Å²) in [6, 6.07) is 16.3. The summed E-state index contributed by atoms with van der Waals surface area (Å²) in [4.78, 5) is 29.7. The van der Waals surface area contributed by atoms with Gasteiger partial charge in [0.2, 0.25) is 5.91 Å². The van der Waals surface area contributed by atoms with Crippen LogP contribution in [0.5, 0.6) is 0 Å². The summed E-state index contributed by atoms with van der Waals surface area (Å²) in [6.45, 7) is 6.65. The number of hydrogen-bond acceptors (Lipinski definition) is 3. The third-order valence-corrected chi connectivity index (χ3v) is 7.95. The minimum absolute atomic E-state index is 0.0418. The van der Waals surface area contributed by atoms with Crippen LogP contribution in [0.4, 0.5) is 5.69 Å². The molecule has 0 spiro atoms. The van der Waals surface area contributed by atoms with Gasteiger partial charge in [0, 0.05) is 10.9 Å². The van der Waals surface area contributed by atoms with Crippen LogP contribution in [0.2, 0.25) is 0 Å². The van der Waals surface area contributed by atoms with Gasteiger partial charge in [0.1, 0.15) is 6.54 Å². The highest BCUT2D eigenvalue weighted by Gasteiger charge is 2.32. The fourth-order valence-corrected chi connectivity index (χ4v) is 5.66. The first-order valence-electron chi connectivity index (χ1n) is 11.6. The second-order valence-corrected chi connectivity index (χ2v) is 10.1. The summed E-state index contributed by atoms with van der Waals surface area (Å²) in [5.41, 5.74) is 3.07. The van der Waals surface area contributed by atoms with E-state index < -0.39 is 0 Å². The molecule has 1 fully saturated rings. The lowest BCUT2D eigenvalue weighted by Crippen LogP contribution is -2.49. The number of anilines is 1. The zero-order valence-electron chi connectivity index (χ0n) is 19.1. The van der Waals surface area contributed by atoms with Gasteiger partial charge in [0.25, 0.3) is 5.91 Å². The molecular weight excluding hydrogens is 416 g/mol. The van der Waals surface area contributed by atoms with E-state index in [1.807, 2.05) is 42.5 Å². The fourth-order valence-electron chi connectivity index (χ4n) is 4.60. The largest absolute Gasteiger partial charge is 0.352 e. The second kappa shape index (κ2) is 9.95. The molecule has 0 radical (unpaired) electrons. The minimum Gasteiger partial charge on any atom is -0.352 e. The van der Waals surface area contributed by atoms with Crippen LogP contribution in [0.3, 0.4) is 0 Å². The lowest BCUT2D eigenvalue weighted by Gasteiger charge is -2.35. The molecule has 1 heterocycles. The molecule has 4 rings (SSSR count). The number of nitrogens with zero attached hydrogens (tertiary/aromatic N) is 1. The predicted octanol–water partition coefficient (Wildman–Crippen LogP) is 5.67. The average molecular weight is 449 g/mol. The number of rotatable bonds is 5. The van der Waals surface area contributed by atoms with Crippen LogP contribution in [-0.4, -0.2) is 24.4 Å². The summed E-state index contributed by atoms with van der Waals surface area (Å²) in [6.07, 6.45) is 6.28. The number of amides is 2. The maximum atomic E-state index is 13.4. The van der Waals surface area contributed by atoms with Crippen molar-refractivity contribution in [1.29, 1.82) is 0 Å². The number of hydrogen-bond donors (Lipinski definition) is 1. The Hall–Kier alpha value is -2.53. The Kier molecular flexibility index (Phi) is 7.04. The van der Waals surface area contributed by atoms with Gasteiger partial charge in [-0.25, -0.2) is 0 Å². The smallest absolute Gasteiger partial charge is 0.265 e. The molecular formula is C27H32N2O2S. The Morgan fingerprint density at radius 2 is 1.88 bits per heavy atom. The van der Waals surface area contributed by atoms with Crippen molar-refractivity contribution in [3.8, 4) is 0 Å². The van der Waals surface area contributed by atoms with E-state index in [1.54, 1.807) is 4.90 Å². The summed E-state index contributed by atoms with van der Waals surface area (Å²) in [7, 11) is 0. The van der Waals surface area contributed by atoms with Crippen molar-refractivity contribution in [3.05, 3.63) is 64.6 Å². The van der Waals surface area contributed by atoms with Crippen molar-refractivity contribution in [2.24, 2.45) is 11.8 Å². The average Bonchev–Trinajstić information content (AvgIpc) is 2.80. The molecule has 5 heteroatoms. The van der Waals surface area contributed by atoms with Gasteiger partial charge in [0.15, 0.2) is 0 Å².